The van der Waals surface area contributed by atoms with E-state index in [9.17, 15) is 0 Å². The highest BCUT2D eigenvalue weighted by molar-refractivity contribution is 7.99. The lowest BCUT2D eigenvalue weighted by Gasteiger charge is -2.13. The number of rotatable bonds is 9. The molecule has 0 N–H and O–H groups in total. The summed E-state index contributed by atoms with van der Waals surface area (Å²) in [4.78, 5) is 8.59. The minimum atomic E-state index is 0.652. The Morgan fingerprint density at radius 3 is 2.57 bits per heavy atom. The molecule has 0 aliphatic carbocycles. The van der Waals surface area contributed by atoms with Crippen molar-refractivity contribution >= 4 is 11.8 Å². The van der Waals surface area contributed by atoms with Crippen LogP contribution < -0.4 is 4.74 Å². The van der Waals surface area contributed by atoms with E-state index < -0.39 is 0 Å². The van der Waals surface area contributed by atoms with Gasteiger partial charge in [-0.2, -0.15) is 0 Å². The molecule has 0 atom stereocenters. The lowest BCUT2D eigenvalue weighted by molar-refractivity contribution is 0.412. The number of aryl methyl sites for hydroxylation is 1. The zero-order valence-corrected chi connectivity index (χ0v) is 17.6. The summed E-state index contributed by atoms with van der Waals surface area (Å²) in [5.74, 6) is 2.37. The molecule has 2 heterocycles. The van der Waals surface area contributed by atoms with Crippen molar-refractivity contribution in [1.29, 1.82) is 0 Å². The predicted octanol–water partition coefficient (Wildman–Crippen LogP) is 4.85. The lowest BCUT2D eigenvalue weighted by Crippen LogP contribution is -2.03. The number of unbranched alkanes of at least 4 members (excludes halogenated alkanes) is 1. The molecule has 7 heteroatoms. The first-order valence-corrected chi connectivity index (χ1v) is 10.9. The van der Waals surface area contributed by atoms with Gasteiger partial charge in [0, 0.05) is 18.1 Å². The van der Waals surface area contributed by atoms with Crippen LogP contribution in [-0.2, 0) is 6.42 Å². The maximum absolute atomic E-state index is 5.59. The van der Waals surface area contributed by atoms with Crippen LogP contribution in [-0.4, -0.2) is 37.6 Å². The lowest BCUT2D eigenvalue weighted by atomic mass is 10.1. The molecule has 0 aliphatic heterocycles. The second kappa shape index (κ2) is 10.0. The minimum absolute atomic E-state index is 0.652. The molecular formula is C23H23N5OS. The molecule has 152 valence electrons. The summed E-state index contributed by atoms with van der Waals surface area (Å²) >= 11 is 1.70. The molecule has 2 aromatic carbocycles. The number of hydrogen-bond acceptors (Lipinski definition) is 6. The highest BCUT2D eigenvalue weighted by Gasteiger charge is 2.19. The number of nitrogens with zero attached hydrogens (tertiary/aromatic N) is 5. The predicted molar refractivity (Wildman–Crippen MR) is 119 cm³/mol. The average molecular weight is 418 g/mol. The molecule has 2 aromatic heterocycles. The number of benzene rings is 2. The highest BCUT2D eigenvalue weighted by Crippen LogP contribution is 2.32. The van der Waals surface area contributed by atoms with Gasteiger partial charge in [-0.25, -0.2) is 4.98 Å². The van der Waals surface area contributed by atoms with Gasteiger partial charge in [0.05, 0.1) is 19.0 Å². The van der Waals surface area contributed by atoms with Crippen molar-refractivity contribution < 1.29 is 4.74 Å². The molecule has 0 fully saturated rings. The van der Waals surface area contributed by atoms with E-state index in [1.54, 1.807) is 37.5 Å². The topological polar surface area (TPSA) is 65.7 Å². The zero-order valence-electron chi connectivity index (χ0n) is 16.8. The second-order valence-corrected chi connectivity index (χ2v) is 7.76. The van der Waals surface area contributed by atoms with E-state index >= 15 is 0 Å². The van der Waals surface area contributed by atoms with E-state index in [0.717, 1.165) is 41.6 Å². The fourth-order valence-corrected chi connectivity index (χ4v) is 4.16. The van der Waals surface area contributed by atoms with E-state index in [1.807, 2.05) is 28.8 Å². The smallest absolute Gasteiger partial charge is 0.196 e. The molecule has 30 heavy (non-hydrogen) atoms. The van der Waals surface area contributed by atoms with Crippen LogP contribution in [0.5, 0.6) is 5.75 Å². The van der Waals surface area contributed by atoms with Gasteiger partial charge in [-0.1, -0.05) is 54.2 Å². The Morgan fingerprint density at radius 1 is 0.933 bits per heavy atom. The molecule has 0 saturated carbocycles. The summed E-state index contributed by atoms with van der Waals surface area (Å²) in [5.41, 5.74) is 2.94. The number of aromatic nitrogens is 5. The summed E-state index contributed by atoms with van der Waals surface area (Å²) in [6.07, 6.45) is 8.33. The first kappa shape index (κ1) is 20.1. The standard InChI is InChI=1S/C23H23N5OS/c1-29-21-13-6-5-12-20(21)28-22(19-17-24-14-15-25-19)26-27-23(28)30-16-8-7-11-18-9-3-2-4-10-18/h2-6,9-10,12-15,17H,7-8,11,16H2,1H3. The Morgan fingerprint density at radius 2 is 1.77 bits per heavy atom. The van der Waals surface area contributed by atoms with Crippen molar-refractivity contribution in [1.82, 2.24) is 24.7 Å². The molecule has 0 aliphatic rings. The maximum Gasteiger partial charge on any atom is 0.196 e. The monoisotopic (exact) mass is 417 g/mol. The molecule has 0 unspecified atom stereocenters. The Kier molecular flexibility index (Phi) is 6.72. The highest BCUT2D eigenvalue weighted by atomic mass is 32.2. The minimum Gasteiger partial charge on any atom is -0.495 e. The van der Waals surface area contributed by atoms with Crippen molar-refractivity contribution in [3.05, 3.63) is 78.8 Å². The molecular weight excluding hydrogens is 394 g/mol. The van der Waals surface area contributed by atoms with Crippen LogP contribution in [0.1, 0.15) is 18.4 Å². The van der Waals surface area contributed by atoms with Gasteiger partial charge in [0.15, 0.2) is 11.0 Å². The molecule has 0 radical (unpaired) electrons. The van der Waals surface area contributed by atoms with Crippen LogP contribution in [0.3, 0.4) is 0 Å². The number of para-hydroxylation sites is 2. The van der Waals surface area contributed by atoms with Gasteiger partial charge in [-0.15, -0.1) is 10.2 Å². The number of ether oxygens (including phenoxy) is 1. The van der Waals surface area contributed by atoms with E-state index in [-0.39, 0.29) is 0 Å². The Balaban J connectivity index is 1.53. The van der Waals surface area contributed by atoms with Crippen molar-refractivity contribution in [3.63, 3.8) is 0 Å². The van der Waals surface area contributed by atoms with Gasteiger partial charge < -0.3 is 4.74 Å². The van der Waals surface area contributed by atoms with Crippen molar-refractivity contribution in [3.8, 4) is 23.0 Å². The Bertz CT molecular complexity index is 1070. The largest absolute Gasteiger partial charge is 0.495 e. The van der Waals surface area contributed by atoms with Gasteiger partial charge in [0.1, 0.15) is 11.4 Å². The normalized spacial score (nSPS) is 10.8. The zero-order chi connectivity index (χ0) is 20.6. The summed E-state index contributed by atoms with van der Waals surface area (Å²) < 4.78 is 7.59. The van der Waals surface area contributed by atoms with Gasteiger partial charge >= 0.3 is 0 Å². The van der Waals surface area contributed by atoms with Crippen LogP contribution >= 0.6 is 11.8 Å². The third-order valence-electron chi connectivity index (χ3n) is 4.69. The number of thioether (sulfide) groups is 1. The Hall–Kier alpha value is -3.19. The molecule has 0 amide bonds. The van der Waals surface area contributed by atoms with Crippen LogP contribution in [0.4, 0.5) is 0 Å². The maximum atomic E-state index is 5.59. The van der Waals surface area contributed by atoms with E-state index in [2.05, 4.69) is 50.5 Å². The molecule has 0 bridgehead atoms. The van der Waals surface area contributed by atoms with Crippen LogP contribution in [0.15, 0.2) is 78.3 Å². The number of hydrogen-bond donors (Lipinski definition) is 0. The Labute approximate surface area is 180 Å². The summed E-state index contributed by atoms with van der Waals surface area (Å²) in [6, 6.07) is 18.5. The summed E-state index contributed by atoms with van der Waals surface area (Å²) in [6.45, 7) is 0. The molecule has 4 aromatic rings. The molecule has 0 saturated heterocycles. The molecule has 4 rings (SSSR count). The quantitative estimate of drug-likeness (QED) is 0.287. The van der Waals surface area contributed by atoms with Gasteiger partial charge in [-0.05, 0) is 37.0 Å². The van der Waals surface area contributed by atoms with Crippen LogP contribution in [0.2, 0.25) is 0 Å². The summed E-state index contributed by atoms with van der Waals surface area (Å²) in [5, 5.41) is 9.69. The molecule has 0 spiro atoms. The van der Waals surface area contributed by atoms with Crippen molar-refractivity contribution in [2.45, 2.75) is 24.4 Å². The third-order valence-corrected chi connectivity index (χ3v) is 5.70. The van der Waals surface area contributed by atoms with Gasteiger partial charge in [0.2, 0.25) is 0 Å². The fourth-order valence-electron chi connectivity index (χ4n) is 3.21. The van der Waals surface area contributed by atoms with E-state index in [0.29, 0.717) is 11.5 Å². The first-order chi connectivity index (χ1) is 14.9. The van der Waals surface area contributed by atoms with Gasteiger partial charge in [0.25, 0.3) is 0 Å². The SMILES string of the molecule is COc1ccccc1-n1c(SCCCCc2ccccc2)nnc1-c1cnccn1. The average Bonchev–Trinajstić information content (AvgIpc) is 3.23. The summed E-state index contributed by atoms with van der Waals surface area (Å²) in [7, 11) is 1.67. The van der Waals surface area contributed by atoms with Crippen molar-refractivity contribution in [2.24, 2.45) is 0 Å². The first-order valence-electron chi connectivity index (χ1n) is 9.89. The third kappa shape index (κ3) is 4.68. The van der Waals surface area contributed by atoms with Crippen LogP contribution in [0, 0.1) is 0 Å². The fraction of sp³-hybridized carbons (Fsp3) is 0.217. The van der Waals surface area contributed by atoms with Crippen LogP contribution in [0.25, 0.3) is 17.2 Å². The number of methoxy groups -OCH3 is 1. The second-order valence-electron chi connectivity index (χ2n) is 6.70. The molecule has 6 nitrogen and oxygen atoms in total. The van der Waals surface area contributed by atoms with E-state index in [4.69, 9.17) is 4.74 Å². The van der Waals surface area contributed by atoms with Crippen molar-refractivity contribution in [2.75, 3.05) is 12.9 Å². The van der Waals surface area contributed by atoms with E-state index in [1.165, 1.54) is 5.56 Å². The van der Waals surface area contributed by atoms with Gasteiger partial charge in [-0.3, -0.25) is 9.55 Å².